The molecule has 0 fully saturated rings. The minimum atomic E-state index is -0.430. The lowest BCUT2D eigenvalue weighted by molar-refractivity contribution is -0.129. The lowest BCUT2D eigenvalue weighted by Crippen LogP contribution is -2.23. The summed E-state index contributed by atoms with van der Waals surface area (Å²) in [5.74, 6) is -0.0692. The van der Waals surface area contributed by atoms with Crippen molar-refractivity contribution in [3.63, 3.8) is 0 Å². The van der Waals surface area contributed by atoms with Crippen LogP contribution in [0.2, 0.25) is 0 Å². The predicted molar refractivity (Wildman–Crippen MR) is 104 cm³/mol. The Kier molecular flexibility index (Phi) is 5.49. The van der Waals surface area contributed by atoms with E-state index in [2.05, 4.69) is 29.0 Å². The van der Waals surface area contributed by atoms with E-state index in [1.54, 1.807) is 6.08 Å². The van der Waals surface area contributed by atoms with Gasteiger partial charge in [0.2, 0.25) is 5.90 Å². The Morgan fingerprint density at radius 1 is 1.38 bits per heavy atom. The van der Waals surface area contributed by atoms with Crippen LogP contribution in [0.3, 0.4) is 0 Å². The molecule has 26 heavy (non-hydrogen) atoms. The number of esters is 1. The highest BCUT2D eigenvalue weighted by molar-refractivity contribution is 7.12. The van der Waals surface area contributed by atoms with Crippen molar-refractivity contribution in [3.8, 4) is 6.07 Å². The number of carbonyl (C=O) groups is 1. The van der Waals surface area contributed by atoms with Gasteiger partial charge in [-0.05, 0) is 54.6 Å². The van der Waals surface area contributed by atoms with Crippen LogP contribution in [-0.4, -0.2) is 25.0 Å². The number of rotatable bonds is 6. The van der Waals surface area contributed by atoms with Gasteiger partial charge in [0.1, 0.15) is 0 Å². The van der Waals surface area contributed by atoms with E-state index < -0.39 is 5.97 Å². The second-order valence-electron chi connectivity index (χ2n) is 5.84. The number of carbonyl (C=O) groups excluding carboxylic acids is 1. The van der Waals surface area contributed by atoms with Gasteiger partial charge in [-0.25, -0.2) is 9.79 Å². The maximum atomic E-state index is 12.1. The fourth-order valence-electron chi connectivity index (χ4n) is 2.74. The second-order valence-corrected chi connectivity index (χ2v) is 6.79. The number of nitriles is 1. The van der Waals surface area contributed by atoms with Gasteiger partial charge in [0.15, 0.2) is 5.70 Å². The molecule has 1 aliphatic heterocycles. The fourth-order valence-corrected chi connectivity index (χ4v) is 3.38. The van der Waals surface area contributed by atoms with Crippen molar-refractivity contribution in [2.45, 2.75) is 20.3 Å². The maximum Gasteiger partial charge on any atom is 0.363 e. The van der Waals surface area contributed by atoms with Crippen molar-refractivity contribution >= 4 is 35.0 Å². The van der Waals surface area contributed by atoms with Crippen molar-refractivity contribution < 1.29 is 9.53 Å². The van der Waals surface area contributed by atoms with Gasteiger partial charge >= 0.3 is 5.97 Å². The molecule has 3 rings (SSSR count). The van der Waals surface area contributed by atoms with Crippen LogP contribution in [0.5, 0.6) is 0 Å². The van der Waals surface area contributed by atoms with Crippen molar-refractivity contribution in [3.05, 3.63) is 57.4 Å². The largest absolute Gasteiger partial charge is 0.401 e. The highest BCUT2D eigenvalue weighted by Gasteiger charge is 2.24. The number of hydrogen-bond donors (Lipinski definition) is 0. The van der Waals surface area contributed by atoms with Crippen LogP contribution in [0, 0.1) is 18.3 Å². The maximum absolute atomic E-state index is 12.1. The van der Waals surface area contributed by atoms with Crippen molar-refractivity contribution in [1.29, 1.82) is 5.26 Å². The Bertz CT molecular complexity index is 908. The molecule has 0 unspecified atom stereocenters. The van der Waals surface area contributed by atoms with Gasteiger partial charge in [0.05, 0.1) is 17.4 Å². The molecule has 6 heteroatoms. The standard InChI is InChI=1S/C20H19N3O2S/c1-3-23(10-5-9-21)16-8-7-15(14(2)12-16)13-17-20(24)25-19(22-17)18-6-4-11-26-18/h4,6-8,11-13H,3,5,10H2,1-2H3/b17-13-. The molecule has 1 aromatic heterocycles. The average Bonchev–Trinajstić information content (AvgIpc) is 3.28. The van der Waals surface area contributed by atoms with Crippen molar-refractivity contribution in [1.82, 2.24) is 0 Å². The van der Waals surface area contributed by atoms with Crippen LogP contribution in [-0.2, 0) is 9.53 Å². The molecular weight excluding hydrogens is 346 g/mol. The van der Waals surface area contributed by atoms with Gasteiger partial charge in [0, 0.05) is 18.8 Å². The number of cyclic esters (lactones) is 1. The Hall–Kier alpha value is -2.91. The highest BCUT2D eigenvalue weighted by atomic mass is 32.1. The van der Waals surface area contributed by atoms with E-state index >= 15 is 0 Å². The Morgan fingerprint density at radius 3 is 2.88 bits per heavy atom. The zero-order chi connectivity index (χ0) is 18.5. The minimum Gasteiger partial charge on any atom is -0.401 e. The Labute approximate surface area is 156 Å². The number of aryl methyl sites for hydroxylation is 1. The van der Waals surface area contributed by atoms with Crippen LogP contribution < -0.4 is 4.90 Å². The van der Waals surface area contributed by atoms with E-state index in [1.807, 2.05) is 36.6 Å². The first-order chi connectivity index (χ1) is 12.6. The summed E-state index contributed by atoms with van der Waals surface area (Å²) < 4.78 is 5.27. The lowest BCUT2D eigenvalue weighted by Gasteiger charge is -2.22. The first-order valence-electron chi connectivity index (χ1n) is 8.41. The molecule has 0 saturated heterocycles. The summed E-state index contributed by atoms with van der Waals surface area (Å²) in [5, 5.41) is 10.7. The summed E-state index contributed by atoms with van der Waals surface area (Å²) in [4.78, 5) is 19.4. The third-order valence-corrected chi connectivity index (χ3v) is 5.00. The molecule has 0 radical (unpaired) electrons. The number of anilines is 1. The number of benzene rings is 1. The topological polar surface area (TPSA) is 65.7 Å². The summed E-state index contributed by atoms with van der Waals surface area (Å²) in [7, 11) is 0. The van der Waals surface area contributed by atoms with Crippen LogP contribution in [0.4, 0.5) is 5.69 Å². The van der Waals surface area contributed by atoms with E-state index in [9.17, 15) is 4.79 Å². The van der Waals surface area contributed by atoms with Gasteiger partial charge in [0.25, 0.3) is 0 Å². The van der Waals surface area contributed by atoms with Gasteiger partial charge in [-0.15, -0.1) is 11.3 Å². The minimum absolute atomic E-state index is 0.307. The monoisotopic (exact) mass is 365 g/mol. The third-order valence-electron chi connectivity index (χ3n) is 4.14. The SMILES string of the molecule is CCN(CCC#N)c1ccc(/C=C2\N=C(c3cccs3)OC2=O)c(C)c1. The third kappa shape index (κ3) is 3.84. The summed E-state index contributed by atoms with van der Waals surface area (Å²) in [6.07, 6.45) is 2.25. The summed E-state index contributed by atoms with van der Waals surface area (Å²) in [6, 6.07) is 12.0. The molecule has 0 bridgehead atoms. The molecule has 0 saturated carbocycles. The van der Waals surface area contributed by atoms with Gasteiger partial charge in [-0.1, -0.05) is 12.1 Å². The van der Waals surface area contributed by atoms with Crippen LogP contribution in [0.25, 0.3) is 6.08 Å². The van der Waals surface area contributed by atoms with E-state index in [0.29, 0.717) is 24.6 Å². The zero-order valence-electron chi connectivity index (χ0n) is 14.7. The van der Waals surface area contributed by atoms with Crippen LogP contribution >= 0.6 is 11.3 Å². The molecular formula is C20H19N3O2S. The fraction of sp³-hybridized carbons (Fsp3) is 0.250. The second kappa shape index (κ2) is 7.98. The summed E-state index contributed by atoms with van der Waals surface area (Å²) in [6.45, 7) is 5.60. The zero-order valence-corrected chi connectivity index (χ0v) is 15.5. The Morgan fingerprint density at radius 2 is 2.23 bits per heavy atom. The number of hydrogen-bond acceptors (Lipinski definition) is 6. The summed E-state index contributed by atoms with van der Waals surface area (Å²) >= 11 is 1.48. The first kappa shape index (κ1) is 17.9. The lowest BCUT2D eigenvalue weighted by atomic mass is 10.1. The molecule has 132 valence electrons. The Balaban J connectivity index is 1.85. The number of aliphatic imine (C=N–C) groups is 1. The van der Waals surface area contributed by atoms with Crippen molar-refractivity contribution in [2.24, 2.45) is 4.99 Å². The van der Waals surface area contributed by atoms with Crippen molar-refractivity contribution in [2.75, 3.05) is 18.0 Å². The molecule has 5 nitrogen and oxygen atoms in total. The molecule has 2 aromatic rings. The molecule has 0 spiro atoms. The normalized spacial score (nSPS) is 14.9. The van der Waals surface area contributed by atoms with Gasteiger partial charge < -0.3 is 9.64 Å². The molecule has 0 aliphatic carbocycles. The smallest absolute Gasteiger partial charge is 0.363 e. The van der Waals surface area contributed by atoms with E-state index in [4.69, 9.17) is 10.00 Å². The van der Waals surface area contributed by atoms with E-state index in [1.165, 1.54) is 11.3 Å². The predicted octanol–water partition coefficient (Wildman–Crippen LogP) is 4.14. The molecule has 1 aliphatic rings. The molecule has 2 heterocycles. The highest BCUT2D eigenvalue weighted by Crippen LogP contribution is 2.25. The van der Waals surface area contributed by atoms with E-state index in [0.717, 1.165) is 28.2 Å². The molecule has 0 atom stereocenters. The van der Waals surface area contributed by atoms with Crippen LogP contribution in [0.15, 0.2) is 46.4 Å². The van der Waals surface area contributed by atoms with E-state index in [-0.39, 0.29) is 0 Å². The average molecular weight is 365 g/mol. The molecule has 1 aromatic carbocycles. The van der Waals surface area contributed by atoms with Gasteiger partial charge in [-0.3, -0.25) is 0 Å². The van der Waals surface area contributed by atoms with Crippen LogP contribution in [0.1, 0.15) is 29.3 Å². The molecule has 0 amide bonds. The van der Waals surface area contributed by atoms with Gasteiger partial charge in [-0.2, -0.15) is 5.26 Å². The number of nitrogens with zero attached hydrogens (tertiary/aromatic N) is 3. The number of thiophene rings is 1. The number of ether oxygens (including phenoxy) is 1. The summed E-state index contributed by atoms with van der Waals surface area (Å²) in [5.41, 5.74) is 3.34. The first-order valence-corrected chi connectivity index (χ1v) is 9.29. The quantitative estimate of drug-likeness (QED) is 0.570. The molecule has 0 N–H and O–H groups in total.